The summed E-state index contributed by atoms with van der Waals surface area (Å²) in [6.45, 7) is 6.10. The zero-order valence-electron chi connectivity index (χ0n) is 13.8. The van der Waals surface area contributed by atoms with E-state index in [1.807, 2.05) is 6.92 Å². The van der Waals surface area contributed by atoms with Gasteiger partial charge in [0.25, 0.3) is 0 Å². The van der Waals surface area contributed by atoms with E-state index >= 15 is 0 Å². The number of carbonyl (C=O) groups excluding carboxylic acids is 1. The Balaban J connectivity index is 1.74. The Morgan fingerprint density at radius 2 is 2.17 bits per heavy atom. The number of carbonyl (C=O) groups is 1. The molecule has 1 aromatic carbocycles. The molecule has 0 atom stereocenters. The topological polar surface area (TPSA) is 70.7 Å². The van der Waals surface area contributed by atoms with Crippen LogP contribution in [0.5, 0.6) is 0 Å². The van der Waals surface area contributed by atoms with Gasteiger partial charge in [-0.1, -0.05) is 25.2 Å². The first-order valence-electron chi connectivity index (χ1n) is 7.81. The second-order valence-corrected chi connectivity index (χ2v) is 7.30. The van der Waals surface area contributed by atoms with Crippen molar-refractivity contribution in [3.05, 3.63) is 40.3 Å². The first-order valence-corrected chi connectivity index (χ1v) is 8.63. The average molecular weight is 346 g/mol. The lowest BCUT2D eigenvalue weighted by atomic mass is 10.1. The highest BCUT2D eigenvalue weighted by molar-refractivity contribution is 7.15. The monoisotopic (exact) mass is 346 g/mol. The van der Waals surface area contributed by atoms with Gasteiger partial charge in [-0.15, -0.1) is 10.2 Å². The summed E-state index contributed by atoms with van der Waals surface area (Å²) in [5.74, 6) is -0.00798. The van der Waals surface area contributed by atoms with Crippen molar-refractivity contribution in [2.45, 2.75) is 33.6 Å². The summed E-state index contributed by atoms with van der Waals surface area (Å²) in [6.07, 6.45) is 1.00. The van der Waals surface area contributed by atoms with E-state index in [2.05, 4.69) is 34.3 Å². The van der Waals surface area contributed by atoms with Crippen LogP contribution in [0.1, 0.15) is 30.1 Å². The van der Waals surface area contributed by atoms with E-state index in [4.69, 9.17) is 0 Å². The van der Waals surface area contributed by atoms with Crippen molar-refractivity contribution in [1.82, 2.24) is 15.2 Å². The van der Waals surface area contributed by atoms with Gasteiger partial charge in [0.2, 0.25) is 11.0 Å². The highest BCUT2D eigenvalue weighted by Gasteiger charge is 2.15. The van der Waals surface area contributed by atoms with Crippen LogP contribution in [0.15, 0.2) is 18.2 Å². The molecule has 0 spiro atoms. The highest BCUT2D eigenvalue weighted by atomic mass is 32.1. The van der Waals surface area contributed by atoms with Crippen LogP contribution in [-0.2, 0) is 17.6 Å². The number of aromatic nitrogens is 3. The Morgan fingerprint density at radius 3 is 2.92 bits per heavy atom. The number of hydrogen-bond donors (Lipinski definition) is 2. The van der Waals surface area contributed by atoms with Gasteiger partial charge in [-0.2, -0.15) is 0 Å². The maximum atomic E-state index is 13.5. The largest absolute Gasteiger partial charge is 0.358 e. The van der Waals surface area contributed by atoms with E-state index in [1.54, 1.807) is 6.07 Å². The molecule has 126 valence electrons. The van der Waals surface area contributed by atoms with E-state index in [0.717, 1.165) is 33.6 Å². The van der Waals surface area contributed by atoms with Crippen LogP contribution in [0.3, 0.4) is 0 Å². The van der Waals surface area contributed by atoms with Crippen LogP contribution in [0, 0.1) is 18.7 Å². The SMILES string of the molecule is Cc1[nH]c2ccc(F)cc2c1CC(=O)Nc1nnc(CC(C)C)s1. The van der Waals surface area contributed by atoms with Gasteiger partial charge in [0, 0.05) is 23.0 Å². The summed E-state index contributed by atoms with van der Waals surface area (Å²) in [7, 11) is 0. The molecule has 2 N–H and O–H groups in total. The van der Waals surface area contributed by atoms with Crippen LogP contribution in [0.2, 0.25) is 0 Å². The van der Waals surface area contributed by atoms with Gasteiger partial charge < -0.3 is 10.3 Å². The van der Waals surface area contributed by atoms with Crippen LogP contribution < -0.4 is 5.32 Å². The van der Waals surface area contributed by atoms with Crippen molar-refractivity contribution >= 4 is 33.3 Å². The number of aryl methyl sites for hydroxylation is 1. The van der Waals surface area contributed by atoms with Crippen molar-refractivity contribution in [2.75, 3.05) is 5.32 Å². The van der Waals surface area contributed by atoms with E-state index in [-0.39, 0.29) is 18.1 Å². The van der Waals surface area contributed by atoms with Gasteiger partial charge in [-0.25, -0.2) is 4.39 Å². The average Bonchev–Trinajstić information content (AvgIpc) is 3.04. The maximum Gasteiger partial charge on any atom is 0.230 e. The molecule has 2 heterocycles. The second kappa shape index (κ2) is 6.68. The van der Waals surface area contributed by atoms with Gasteiger partial charge in [-0.05, 0) is 36.6 Å². The number of benzene rings is 1. The molecule has 0 fully saturated rings. The Morgan fingerprint density at radius 1 is 1.38 bits per heavy atom. The van der Waals surface area contributed by atoms with Crippen molar-refractivity contribution in [3.8, 4) is 0 Å². The number of fused-ring (bicyclic) bond motifs is 1. The fourth-order valence-electron chi connectivity index (χ4n) is 2.64. The minimum atomic E-state index is -0.314. The smallest absolute Gasteiger partial charge is 0.230 e. The highest BCUT2D eigenvalue weighted by Crippen LogP contribution is 2.24. The third-order valence-corrected chi connectivity index (χ3v) is 4.58. The number of hydrogen-bond acceptors (Lipinski definition) is 4. The lowest BCUT2D eigenvalue weighted by molar-refractivity contribution is -0.115. The number of H-pyrrole nitrogens is 1. The van der Waals surface area contributed by atoms with Gasteiger partial charge >= 0.3 is 0 Å². The Kier molecular flexibility index (Phi) is 4.62. The number of halogens is 1. The summed E-state index contributed by atoms with van der Waals surface area (Å²) in [5, 5.41) is 13.0. The molecule has 2 aromatic heterocycles. The summed E-state index contributed by atoms with van der Waals surface area (Å²) in [6, 6.07) is 4.54. The standard InChI is InChI=1S/C17H19FN4OS/c1-9(2)6-16-21-22-17(24-16)20-15(23)8-12-10(3)19-14-5-4-11(18)7-13(12)14/h4-5,7,9,19H,6,8H2,1-3H3,(H,20,22,23). The molecule has 5 nitrogen and oxygen atoms in total. The van der Waals surface area contributed by atoms with Crippen molar-refractivity contribution in [3.63, 3.8) is 0 Å². The Hall–Kier alpha value is -2.28. The Labute approximate surface area is 143 Å². The predicted octanol–water partition coefficient (Wildman–Crippen LogP) is 3.85. The van der Waals surface area contributed by atoms with Crippen molar-refractivity contribution in [2.24, 2.45) is 5.92 Å². The van der Waals surface area contributed by atoms with Gasteiger partial charge in [0.1, 0.15) is 10.8 Å². The van der Waals surface area contributed by atoms with Gasteiger partial charge in [0.05, 0.1) is 6.42 Å². The molecule has 0 unspecified atom stereocenters. The molecular weight excluding hydrogens is 327 g/mol. The molecule has 24 heavy (non-hydrogen) atoms. The van der Waals surface area contributed by atoms with E-state index in [9.17, 15) is 9.18 Å². The number of rotatable bonds is 5. The summed E-state index contributed by atoms with van der Waals surface area (Å²) in [4.78, 5) is 15.5. The number of nitrogens with one attached hydrogen (secondary N) is 2. The molecule has 3 aromatic rings. The van der Waals surface area contributed by atoms with Crippen molar-refractivity contribution in [1.29, 1.82) is 0 Å². The molecule has 0 saturated carbocycles. The van der Waals surface area contributed by atoms with Gasteiger partial charge in [-0.3, -0.25) is 4.79 Å². The van der Waals surface area contributed by atoms with Crippen LogP contribution >= 0.6 is 11.3 Å². The minimum absolute atomic E-state index is 0.161. The molecule has 1 amide bonds. The van der Waals surface area contributed by atoms with Crippen LogP contribution in [-0.4, -0.2) is 21.1 Å². The molecule has 7 heteroatoms. The van der Waals surface area contributed by atoms with Crippen LogP contribution in [0.4, 0.5) is 9.52 Å². The Bertz CT molecular complexity index is 884. The molecule has 0 saturated heterocycles. The van der Waals surface area contributed by atoms with E-state index < -0.39 is 0 Å². The predicted molar refractivity (Wildman–Crippen MR) is 93.8 cm³/mol. The third kappa shape index (κ3) is 3.62. The zero-order chi connectivity index (χ0) is 17.3. The van der Waals surface area contributed by atoms with E-state index in [1.165, 1.54) is 23.5 Å². The van der Waals surface area contributed by atoms with Crippen LogP contribution in [0.25, 0.3) is 10.9 Å². The maximum absolute atomic E-state index is 13.5. The second-order valence-electron chi connectivity index (χ2n) is 6.24. The number of anilines is 1. The molecule has 0 bridgehead atoms. The van der Waals surface area contributed by atoms with E-state index in [0.29, 0.717) is 11.0 Å². The summed E-state index contributed by atoms with van der Waals surface area (Å²) in [5.41, 5.74) is 2.49. The van der Waals surface area contributed by atoms with Gasteiger partial charge in [0.15, 0.2) is 0 Å². The lowest BCUT2D eigenvalue weighted by Crippen LogP contribution is -2.14. The minimum Gasteiger partial charge on any atom is -0.358 e. The number of nitrogens with zero attached hydrogens (tertiary/aromatic N) is 2. The fourth-order valence-corrected chi connectivity index (χ4v) is 3.61. The number of aromatic amines is 1. The summed E-state index contributed by atoms with van der Waals surface area (Å²) >= 11 is 1.39. The molecular formula is C17H19FN4OS. The first kappa shape index (κ1) is 16.6. The molecule has 0 aliphatic rings. The number of amides is 1. The molecule has 0 aliphatic heterocycles. The molecule has 3 rings (SSSR count). The fraction of sp³-hybridized carbons (Fsp3) is 0.353. The third-order valence-electron chi connectivity index (χ3n) is 3.71. The lowest BCUT2D eigenvalue weighted by Gasteiger charge is -2.02. The first-order chi connectivity index (χ1) is 11.4. The normalized spacial score (nSPS) is 11.4. The molecule has 0 radical (unpaired) electrons. The zero-order valence-corrected chi connectivity index (χ0v) is 14.6. The molecule has 0 aliphatic carbocycles. The van der Waals surface area contributed by atoms with Crippen molar-refractivity contribution < 1.29 is 9.18 Å². The quantitative estimate of drug-likeness (QED) is 0.737. The summed E-state index contributed by atoms with van der Waals surface area (Å²) < 4.78 is 13.5.